The molecule has 22 heavy (non-hydrogen) atoms. The Labute approximate surface area is 131 Å². The van der Waals surface area contributed by atoms with E-state index in [1.807, 2.05) is 30.3 Å². The van der Waals surface area contributed by atoms with E-state index in [0.29, 0.717) is 17.8 Å². The Kier molecular flexibility index (Phi) is 5.90. The average molecular weight is 300 g/mol. The highest BCUT2D eigenvalue weighted by atomic mass is 16.2. The molecule has 0 saturated carbocycles. The van der Waals surface area contributed by atoms with Crippen molar-refractivity contribution >= 4 is 5.69 Å². The number of nitrogens with one attached hydrogen (secondary N) is 1. The summed E-state index contributed by atoms with van der Waals surface area (Å²) in [6, 6.07) is 9.37. The van der Waals surface area contributed by atoms with Crippen LogP contribution in [0.5, 0.6) is 0 Å². The second-order valence-electron chi connectivity index (χ2n) is 5.54. The summed E-state index contributed by atoms with van der Waals surface area (Å²) in [6.07, 6.45) is 2.24. The summed E-state index contributed by atoms with van der Waals surface area (Å²) in [5, 5.41) is 3.16. The van der Waals surface area contributed by atoms with E-state index in [2.05, 4.69) is 24.1 Å². The lowest BCUT2D eigenvalue weighted by molar-refractivity contribution is 0.285. The maximum Gasteiger partial charge on any atom is 0.250 e. The van der Waals surface area contributed by atoms with Gasteiger partial charge in [-0.15, -0.1) is 0 Å². The molecule has 0 heterocycles. The van der Waals surface area contributed by atoms with Crippen molar-refractivity contribution in [1.29, 1.82) is 0 Å². The molecule has 4 nitrogen and oxygen atoms in total. The van der Waals surface area contributed by atoms with E-state index in [9.17, 15) is 9.59 Å². The fraction of sp³-hybridized carbons (Fsp3) is 0.444. The van der Waals surface area contributed by atoms with E-state index < -0.39 is 5.43 Å². The van der Waals surface area contributed by atoms with E-state index in [1.165, 1.54) is 0 Å². The average Bonchev–Trinajstić information content (AvgIpc) is 2.54. The molecule has 2 aromatic carbocycles. The first-order valence-electron chi connectivity index (χ1n) is 8.04. The largest absolute Gasteiger partial charge is 0.380 e. The quantitative estimate of drug-likeness (QED) is 0.723. The van der Waals surface area contributed by atoms with Crippen molar-refractivity contribution in [3.8, 4) is 11.1 Å². The standard InChI is InChI=1S/C18H24N2O2/c1-3-11-20(12-4-2)13-10-19-16-15(17(21)18(16)22)14-8-6-5-7-9-14/h5-9,19H,3-4,10-13H2,1-2H3. The van der Waals surface area contributed by atoms with E-state index >= 15 is 0 Å². The van der Waals surface area contributed by atoms with E-state index in [1.54, 1.807) is 0 Å². The van der Waals surface area contributed by atoms with Crippen molar-refractivity contribution in [2.75, 3.05) is 31.5 Å². The number of anilines is 1. The molecule has 0 spiro atoms. The van der Waals surface area contributed by atoms with Gasteiger partial charge in [-0.2, -0.15) is 0 Å². The summed E-state index contributed by atoms with van der Waals surface area (Å²) in [4.78, 5) is 26.0. The van der Waals surface area contributed by atoms with Crippen LogP contribution >= 0.6 is 0 Å². The molecule has 2 rings (SSSR count). The molecule has 0 aromatic heterocycles. The van der Waals surface area contributed by atoms with Gasteiger partial charge in [0.2, 0.25) is 10.9 Å². The zero-order valence-corrected chi connectivity index (χ0v) is 13.4. The Morgan fingerprint density at radius 1 is 0.909 bits per heavy atom. The molecule has 0 unspecified atom stereocenters. The van der Waals surface area contributed by atoms with Crippen LogP contribution in [0.25, 0.3) is 11.1 Å². The van der Waals surface area contributed by atoms with Crippen LogP contribution in [0.4, 0.5) is 5.69 Å². The lowest BCUT2D eigenvalue weighted by Crippen LogP contribution is -2.38. The Hall–Kier alpha value is -1.94. The fourth-order valence-electron chi connectivity index (χ4n) is 2.75. The second kappa shape index (κ2) is 7.90. The topological polar surface area (TPSA) is 49.4 Å². The maximum atomic E-state index is 11.8. The van der Waals surface area contributed by atoms with Gasteiger partial charge in [-0.3, -0.25) is 9.59 Å². The van der Waals surface area contributed by atoms with Crippen molar-refractivity contribution < 1.29 is 0 Å². The van der Waals surface area contributed by atoms with Gasteiger partial charge >= 0.3 is 0 Å². The van der Waals surface area contributed by atoms with Crippen molar-refractivity contribution in [3.05, 3.63) is 50.8 Å². The van der Waals surface area contributed by atoms with Gasteiger partial charge in [0.15, 0.2) is 0 Å². The van der Waals surface area contributed by atoms with Crippen LogP contribution in [-0.4, -0.2) is 31.1 Å². The highest BCUT2D eigenvalue weighted by Gasteiger charge is 2.21. The zero-order chi connectivity index (χ0) is 15.9. The van der Waals surface area contributed by atoms with Crippen LogP contribution < -0.4 is 16.2 Å². The Morgan fingerprint density at radius 3 is 2.14 bits per heavy atom. The maximum absolute atomic E-state index is 11.8. The SMILES string of the molecule is CCCN(CCC)CCNc1c(-c2ccccc2)c(=O)c1=O. The molecular weight excluding hydrogens is 276 g/mol. The monoisotopic (exact) mass is 300 g/mol. The minimum Gasteiger partial charge on any atom is -0.380 e. The Morgan fingerprint density at radius 2 is 1.55 bits per heavy atom. The summed E-state index contributed by atoms with van der Waals surface area (Å²) in [5.74, 6) is 0. The minimum absolute atomic E-state index is 0.382. The summed E-state index contributed by atoms with van der Waals surface area (Å²) in [6.45, 7) is 8.03. The van der Waals surface area contributed by atoms with Gasteiger partial charge in [-0.1, -0.05) is 44.2 Å². The smallest absolute Gasteiger partial charge is 0.250 e. The third-order valence-corrected chi connectivity index (χ3v) is 3.78. The van der Waals surface area contributed by atoms with E-state index in [-0.39, 0.29) is 5.43 Å². The first kappa shape index (κ1) is 16.4. The van der Waals surface area contributed by atoms with Gasteiger partial charge in [0.25, 0.3) is 0 Å². The molecule has 0 aliphatic heterocycles. The third kappa shape index (κ3) is 3.63. The van der Waals surface area contributed by atoms with Gasteiger partial charge in [0, 0.05) is 13.1 Å². The van der Waals surface area contributed by atoms with Gasteiger partial charge in [0.1, 0.15) is 0 Å². The van der Waals surface area contributed by atoms with Crippen molar-refractivity contribution in [2.24, 2.45) is 0 Å². The van der Waals surface area contributed by atoms with Gasteiger partial charge in [-0.25, -0.2) is 0 Å². The van der Waals surface area contributed by atoms with Crippen LogP contribution in [0.1, 0.15) is 26.7 Å². The van der Waals surface area contributed by atoms with Crippen LogP contribution in [0.2, 0.25) is 0 Å². The lowest BCUT2D eigenvalue weighted by Gasteiger charge is -2.22. The van der Waals surface area contributed by atoms with Crippen molar-refractivity contribution in [3.63, 3.8) is 0 Å². The highest BCUT2D eigenvalue weighted by Crippen LogP contribution is 2.22. The second-order valence-corrected chi connectivity index (χ2v) is 5.54. The molecule has 0 aliphatic rings. The molecular formula is C18H24N2O2. The van der Waals surface area contributed by atoms with Gasteiger partial charge in [-0.05, 0) is 31.5 Å². The molecule has 0 aliphatic carbocycles. The molecule has 1 N–H and O–H groups in total. The summed E-state index contributed by atoms with van der Waals surface area (Å²) in [5.41, 5.74) is 1.05. The molecule has 4 heteroatoms. The molecule has 118 valence electrons. The molecule has 0 amide bonds. The van der Waals surface area contributed by atoms with Crippen LogP contribution in [0.15, 0.2) is 39.9 Å². The summed E-state index contributed by atoms with van der Waals surface area (Å²) >= 11 is 0. The van der Waals surface area contributed by atoms with Crippen LogP contribution in [0, 0.1) is 0 Å². The van der Waals surface area contributed by atoms with E-state index in [4.69, 9.17) is 0 Å². The number of rotatable bonds is 9. The van der Waals surface area contributed by atoms with Crippen LogP contribution in [-0.2, 0) is 0 Å². The first-order chi connectivity index (χ1) is 10.7. The number of hydrogen-bond acceptors (Lipinski definition) is 4. The van der Waals surface area contributed by atoms with E-state index in [0.717, 1.165) is 38.0 Å². The molecule has 0 saturated heterocycles. The normalized spacial score (nSPS) is 11.2. The number of nitrogens with zero attached hydrogens (tertiary/aromatic N) is 1. The zero-order valence-electron chi connectivity index (χ0n) is 13.4. The number of hydrogen-bond donors (Lipinski definition) is 1. The molecule has 0 bridgehead atoms. The predicted molar refractivity (Wildman–Crippen MR) is 92.3 cm³/mol. The number of benzene rings is 1. The Bertz CT molecular complexity index is 651. The Balaban J connectivity index is 2.01. The molecule has 0 atom stereocenters. The van der Waals surface area contributed by atoms with Crippen LogP contribution in [0.3, 0.4) is 0 Å². The third-order valence-electron chi connectivity index (χ3n) is 3.78. The van der Waals surface area contributed by atoms with Gasteiger partial charge in [0.05, 0.1) is 11.3 Å². The predicted octanol–water partition coefficient (Wildman–Crippen LogP) is 2.48. The molecule has 2 aromatic rings. The summed E-state index contributed by atoms with van der Waals surface area (Å²) < 4.78 is 0. The highest BCUT2D eigenvalue weighted by molar-refractivity contribution is 5.81. The minimum atomic E-state index is -0.392. The fourth-order valence-corrected chi connectivity index (χ4v) is 2.75. The summed E-state index contributed by atoms with van der Waals surface area (Å²) in [7, 11) is 0. The lowest BCUT2D eigenvalue weighted by atomic mass is 9.99. The van der Waals surface area contributed by atoms with Crippen molar-refractivity contribution in [1.82, 2.24) is 4.90 Å². The first-order valence-corrected chi connectivity index (χ1v) is 8.04. The van der Waals surface area contributed by atoms with Crippen molar-refractivity contribution in [2.45, 2.75) is 26.7 Å². The van der Waals surface area contributed by atoms with Gasteiger partial charge < -0.3 is 10.2 Å². The molecule has 0 fully saturated rings. The molecule has 0 radical (unpaired) electrons.